The van der Waals surface area contributed by atoms with E-state index in [-0.39, 0.29) is 5.91 Å². The summed E-state index contributed by atoms with van der Waals surface area (Å²) in [6.45, 7) is 1.52. The van der Waals surface area contributed by atoms with Crippen molar-refractivity contribution in [1.82, 2.24) is 15.6 Å². The lowest BCUT2D eigenvalue weighted by molar-refractivity contribution is -0.121. The van der Waals surface area contributed by atoms with E-state index in [1.165, 1.54) is 6.39 Å². The smallest absolute Gasteiger partial charge is 0.220 e. The van der Waals surface area contributed by atoms with Crippen molar-refractivity contribution >= 4 is 17.0 Å². The van der Waals surface area contributed by atoms with Gasteiger partial charge < -0.3 is 15.1 Å². The van der Waals surface area contributed by atoms with E-state index in [1.807, 2.05) is 25.2 Å². The highest BCUT2D eigenvalue weighted by atomic mass is 16.3. The summed E-state index contributed by atoms with van der Waals surface area (Å²) in [6, 6.07) is 5.91. The Balaban J connectivity index is 1.74. The molecule has 102 valence electrons. The van der Waals surface area contributed by atoms with Gasteiger partial charge in [-0.25, -0.2) is 4.98 Å². The molecule has 0 fully saturated rings. The molecule has 1 aromatic carbocycles. The Morgan fingerprint density at radius 1 is 1.37 bits per heavy atom. The van der Waals surface area contributed by atoms with Gasteiger partial charge in [-0.05, 0) is 44.1 Å². The SMILES string of the molecule is CNCCCC(=O)NCCc1ccc2ncoc2c1. The molecule has 1 amide bonds. The number of amides is 1. The molecule has 0 radical (unpaired) electrons. The minimum atomic E-state index is 0.107. The molecule has 2 aromatic rings. The number of aromatic nitrogens is 1. The molecule has 0 atom stereocenters. The normalized spacial score (nSPS) is 10.8. The molecule has 0 spiro atoms. The van der Waals surface area contributed by atoms with Gasteiger partial charge in [-0.15, -0.1) is 0 Å². The maximum absolute atomic E-state index is 11.5. The van der Waals surface area contributed by atoms with Crippen LogP contribution in [0.15, 0.2) is 29.0 Å². The molecule has 5 heteroatoms. The Bertz CT molecular complexity index is 536. The van der Waals surface area contributed by atoms with Crippen LogP contribution in [0.1, 0.15) is 18.4 Å². The fraction of sp³-hybridized carbons (Fsp3) is 0.429. The molecule has 0 bridgehead atoms. The number of nitrogens with zero attached hydrogens (tertiary/aromatic N) is 1. The van der Waals surface area contributed by atoms with Gasteiger partial charge in [0.2, 0.25) is 5.91 Å². The van der Waals surface area contributed by atoms with Crippen molar-refractivity contribution in [2.24, 2.45) is 0 Å². The number of fused-ring (bicyclic) bond motifs is 1. The van der Waals surface area contributed by atoms with Gasteiger partial charge in [0.25, 0.3) is 0 Å². The fourth-order valence-electron chi connectivity index (χ4n) is 1.92. The van der Waals surface area contributed by atoms with Crippen molar-refractivity contribution in [3.8, 4) is 0 Å². The van der Waals surface area contributed by atoms with Crippen LogP contribution in [0, 0.1) is 0 Å². The zero-order chi connectivity index (χ0) is 13.5. The second-order valence-electron chi connectivity index (χ2n) is 4.46. The van der Waals surface area contributed by atoms with Crippen LogP contribution in [0.25, 0.3) is 11.1 Å². The first-order valence-corrected chi connectivity index (χ1v) is 6.53. The molecule has 1 aromatic heterocycles. The third-order valence-corrected chi connectivity index (χ3v) is 2.96. The Kier molecular flexibility index (Phi) is 4.92. The quantitative estimate of drug-likeness (QED) is 0.741. The van der Waals surface area contributed by atoms with Gasteiger partial charge in [0, 0.05) is 13.0 Å². The molecule has 0 saturated carbocycles. The van der Waals surface area contributed by atoms with Crippen LogP contribution in [0.5, 0.6) is 0 Å². The zero-order valence-corrected chi connectivity index (χ0v) is 11.1. The monoisotopic (exact) mass is 261 g/mol. The summed E-state index contributed by atoms with van der Waals surface area (Å²) in [7, 11) is 1.89. The minimum absolute atomic E-state index is 0.107. The molecule has 2 rings (SSSR count). The fourth-order valence-corrected chi connectivity index (χ4v) is 1.92. The van der Waals surface area contributed by atoms with Gasteiger partial charge in [0.05, 0.1) is 0 Å². The molecule has 0 aliphatic rings. The van der Waals surface area contributed by atoms with Crippen LogP contribution >= 0.6 is 0 Å². The van der Waals surface area contributed by atoms with Crippen molar-refractivity contribution in [2.75, 3.05) is 20.1 Å². The highest BCUT2D eigenvalue weighted by Crippen LogP contribution is 2.14. The van der Waals surface area contributed by atoms with E-state index >= 15 is 0 Å². The second-order valence-corrected chi connectivity index (χ2v) is 4.46. The van der Waals surface area contributed by atoms with Crippen molar-refractivity contribution in [1.29, 1.82) is 0 Å². The molecule has 0 aliphatic carbocycles. The molecule has 0 saturated heterocycles. The van der Waals surface area contributed by atoms with E-state index in [1.54, 1.807) is 0 Å². The highest BCUT2D eigenvalue weighted by Gasteiger charge is 2.02. The summed E-state index contributed by atoms with van der Waals surface area (Å²) in [4.78, 5) is 15.6. The summed E-state index contributed by atoms with van der Waals surface area (Å²) >= 11 is 0. The van der Waals surface area contributed by atoms with Crippen LogP contribution < -0.4 is 10.6 Å². The number of carbonyl (C=O) groups is 1. The Morgan fingerprint density at radius 3 is 3.11 bits per heavy atom. The Hall–Kier alpha value is -1.88. The predicted octanol–water partition coefficient (Wildman–Crippen LogP) is 1.49. The second kappa shape index (κ2) is 6.89. The highest BCUT2D eigenvalue weighted by molar-refractivity contribution is 5.76. The van der Waals surface area contributed by atoms with Crippen LogP contribution in [0.3, 0.4) is 0 Å². The van der Waals surface area contributed by atoms with Gasteiger partial charge in [-0.1, -0.05) is 6.07 Å². The van der Waals surface area contributed by atoms with E-state index in [4.69, 9.17) is 4.42 Å². The average molecular weight is 261 g/mol. The molecule has 19 heavy (non-hydrogen) atoms. The third kappa shape index (κ3) is 4.06. The van der Waals surface area contributed by atoms with E-state index in [0.717, 1.165) is 36.0 Å². The number of nitrogens with one attached hydrogen (secondary N) is 2. The van der Waals surface area contributed by atoms with Crippen molar-refractivity contribution in [3.63, 3.8) is 0 Å². The lowest BCUT2D eigenvalue weighted by Crippen LogP contribution is -2.26. The summed E-state index contributed by atoms with van der Waals surface area (Å²) < 4.78 is 5.25. The van der Waals surface area contributed by atoms with Crippen LogP contribution in [0.2, 0.25) is 0 Å². The molecular weight excluding hydrogens is 242 g/mol. The predicted molar refractivity (Wildman–Crippen MR) is 73.9 cm³/mol. The molecule has 1 heterocycles. The topological polar surface area (TPSA) is 67.2 Å². The van der Waals surface area contributed by atoms with Crippen molar-refractivity contribution < 1.29 is 9.21 Å². The number of hydrogen-bond donors (Lipinski definition) is 2. The molecule has 0 unspecified atom stereocenters. The summed E-state index contributed by atoms with van der Waals surface area (Å²) in [5.41, 5.74) is 2.79. The first-order chi connectivity index (χ1) is 9.29. The number of oxazole rings is 1. The summed E-state index contributed by atoms with van der Waals surface area (Å²) in [5.74, 6) is 0.107. The molecular formula is C14H19N3O2. The largest absolute Gasteiger partial charge is 0.443 e. The zero-order valence-electron chi connectivity index (χ0n) is 11.1. The van der Waals surface area contributed by atoms with Crippen molar-refractivity contribution in [2.45, 2.75) is 19.3 Å². The van der Waals surface area contributed by atoms with E-state index in [2.05, 4.69) is 15.6 Å². The van der Waals surface area contributed by atoms with Gasteiger partial charge in [0.1, 0.15) is 5.52 Å². The first-order valence-electron chi connectivity index (χ1n) is 6.53. The summed E-state index contributed by atoms with van der Waals surface area (Å²) in [6.07, 6.45) is 3.68. The number of benzene rings is 1. The van der Waals surface area contributed by atoms with E-state index in [9.17, 15) is 4.79 Å². The van der Waals surface area contributed by atoms with Crippen LogP contribution in [0.4, 0.5) is 0 Å². The Labute approximate surface area is 112 Å². The lowest BCUT2D eigenvalue weighted by Gasteiger charge is -2.05. The maximum Gasteiger partial charge on any atom is 0.220 e. The molecule has 5 nitrogen and oxygen atoms in total. The number of hydrogen-bond acceptors (Lipinski definition) is 4. The Morgan fingerprint density at radius 2 is 2.26 bits per heavy atom. The van der Waals surface area contributed by atoms with Gasteiger partial charge in [-0.2, -0.15) is 0 Å². The molecule has 2 N–H and O–H groups in total. The standard InChI is InChI=1S/C14H19N3O2/c1-15-7-2-3-14(18)16-8-6-11-4-5-12-13(9-11)19-10-17-12/h4-5,9-10,15H,2-3,6-8H2,1H3,(H,16,18). The molecule has 0 aliphatic heterocycles. The average Bonchev–Trinajstić information content (AvgIpc) is 2.86. The third-order valence-electron chi connectivity index (χ3n) is 2.96. The maximum atomic E-state index is 11.5. The van der Waals surface area contributed by atoms with Gasteiger partial charge in [-0.3, -0.25) is 4.79 Å². The van der Waals surface area contributed by atoms with E-state index < -0.39 is 0 Å². The lowest BCUT2D eigenvalue weighted by atomic mass is 10.1. The van der Waals surface area contributed by atoms with Crippen LogP contribution in [-0.2, 0) is 11.2 Å². The number of carbonyl (C=O) groups excluding carboxylic acids is 1. The van der Waals surface area contributed by atoms with Gasteiger partial charge >= 0.3 is 0 Å². The minimum Gasteiger partial charge on any atom is -0.443 e. The van der Waals surface area contributed by atoms with E-state index in [0.29, 0.717) is 13.0 Å². The van der Waals surface area contributed by atoms with Crippen LogP contribution in [-0.4, -0.2) is 31.0 Å². The van der Waals surface area contributed by atoms with Crippen molar-refractivity contribution in [3.05, 3.63) is 30.2 Å². The van der Waals surface area contributed by atoms with Gasteiger partial charge in [0.15, 0.2) is 12.0 Å². The summed E-state index contributed by atoms with van der Waals surface area (Å²) in [5, 5.41) is 5.94. The number of rotatable bonds is 7. The first kappa shape index (κ1) is 13.5.